The first-order chi connectivity index (χ1) is 10.4. The Kier molecular flexibility index (Phi) is 5.49. The van der Waals surface area contributed by atoms with E-state index in [9.17, 15) is 22.8 Å². The minimum Gasteiger partial charge on any atom is -0.480 e. The molecule has 1 aromatic rings. The second-order valence-electron chi connectivity index (χ2n) is 5.39. The van der Waals surface area contributed by atoms with E-state index in [0.29, 0.717) is 5.69 Å². The minimum atomic E-state index is -3.59. The molecule has 0 saturated heterocycles. The Morgan fingerprint density at radius 3 is 2.09 bits per heavy atom. The molecule has 0 bridgehead atoms. The molecule has 0 aliphatic heterocycles. The Balaban J connectivity index is 2.80. The highest BCUT2D eigenvalue weighted by molar-refractivity contribution is 7.92. The molecule has 0 saturated carbocycles. The lowest BCUT2D eigenvalue weighted by atomic mass is 10.1. The number of nitrogens with one attached hydrogen (secondary N) is 2. The summed E-state index contributed by atoms with van der Waals surface area (Å²) in [6.07, 6.45) is 0.975. The number of amides is 2. The van der Waals surface area contributed by atoms with E-state index in [1.165, 1.54) is 38.1 Å². The second-order valence-corrected chi connectivity index (χ2v) is 7.96. The molecule has 126 valence electrons. The van der Waals surface area contributed by atoms with Crippen molar-refractivity contribution < 1.29 is 27.9 Å². The van der Waals surface area contributed by atoms with E-state index in [-0.39, 0.29) is 5.56 Å². The van der Waals surface area contributed by atoms with Crippen LogP contribution in [0.4, 0.5) is 5.69 Å². The van der Waals surface area contributed by atoms with Crippen molar-refractivity contribution in [2.75, 3.05) is 18.1 Å². The fourth-order valence-corrected chi connectivity index (χ4v) is 1.80. The molecule has 0 fully saturated rings. The van der Waals surface area contributed by atoms with Gasteiger partial charge in [-0.25, -0.2) is 8.42 Å². The lowest BCUT2D eigenvalue weighted by Gasteiger charge is -2.21. The largest absolute Gasteiger partial charge is 0.480 e. The van der Waals surface area contributed by atoms with Crippen LogP contribution in [0.3, 0.4) is 0 Å². The van der Waals surface area contributed by atoms with Crippen molar-refractivity contribution in [1.29, 1.82) is 0 Å². The first kappa shape index (κ1) is 18.6. The van der Waals surface area contributed by atoms with Gasteiger partial charge in [-0.15, -0.1) is 0 Å². The van der Waals surface area contributed by atoms with E-state index in [0.717, 1.165) is 6.26 Å². The van der Waals surface area contributed by atoms with Gasteiger partial charge in [0.15, 0.2) is 9.84 Å². The molecular formula is C14H18N2O6S. The van der Waals surface area contributed by atoms with E-state index in [4.69, 9.17) is 5.11 Å². The highest BCUT2D eigenvalue weighted by Gasteiger charge is 2.38. The van der Waals surface area contributed by atoms with Gasteiger partial charge in [-0.05, 0) is 38.1 Å². The summed E-state index contributed by atoms with van der Waals surface area (Å²) in [5.74, 6) is -2.42. The molecule has 1 rings (SSSR count). The van der Waals surface area contributed by atoms with Crippen LogP contribution in [0.5, 0.6) is 0 Å². The third-order valence-corrected chi connectivity index (χ3v) is 5.32. The third kappa shape index (κ3) is 4.78. The fraction of sp³-hybridized carbons (Fsp3) is 0.357. The van der Waals surface area contributed by atoms with Gasteiger partial charge in [0.05, 0.1) is 0 Å². The normalized spacial score (nSPS) is 11.6. The molecule has 0 radical (unpaired) electrons. The SMILES string of the molecule is CC(C)(C(=O)Nc1ccc(C(=O)NCC(=O)O)cc1)S(C)(=O)=O. The molecule has 2 amide bonds. The number of aliphatic carboxylic acids is 1. The summed E-state index contributed by atoms with van der Waals surface area (Å²) >= 11 is 0. The molecule has 0 unspecified atom stereocenters. The zero-order chi connectivity index (χ0) is 17.8. The van der Waals surface area contributed by atoms with Gasteiger partial charge in [0.25, 0.3) is 5.91 Å². The second kappa shape index (κ2) is 6.78. The molecular weight excluding hydrogens is 324 g/mol. The smallest absolute Gasteiger partial charge is 0.322 e. The van der Waals surface area contributed by atoms with Crippen LogP contribution in [0.2, 0.25) is 0 Å². The Bertz CT molecular complexity index is 722. The summed E-state index contributed by atoms with van der Waals surface area (Å²) in [7, 11) is -3.59. The van der Waals surface area contributed by atoms with Crippen LogP contribution in [-0.4, -0.2) is 48.9 Å². The van der Waals surface area contributed by atoms with Crippen molar-refractivity contribution in [1.82, 2.24) is 5.32 Å². The Morgan fingerprint density at radius 1 is 1.13 bits per heavy atom. The van der Waals surface area contributed by atoms with Crippen molar-refractivity contribution in [2.45, 2.75) is 18.6 Å². The maximum absolute atomic E-state index is 12.0. The van der Waals surface area contributed by atoms with E-state index < -0.39 is 38.9 Å². The summed E-state index contributed by atoms with van der Waals surface area (Å²) in [6.45, 7) is 2.09. The summed E-state index contributed by atoms with van der Waals surface area (Å²) in [4.78, 5) is 34.0. The maximum Gasteiger partial charge on any atom is 0.322 e. The predicted molar refractivity (Wildman–Crippen MR) is 84.0 cm³/mol. The molecule has 9 heteroatoms. The Hall–Kier alpha value is -2.42. The first-order valence-corrected chi connectivity index (χ1v) is 8.45. The van der Waals surface area contributed by atoms with Gasteiger partial charge in [0, 0.05) is 17.5 Å². The van der Waals surface area contributed by atoms with Crippen molar-refractivity contribution >= 4 is 33.3 Å². The van der Waals surface area contributed by atoms with Crippen LogP contribution in [-0.2, 0) is 19.4 Å². The van der Waals surface area contributed by atoms with E-state index in [2.05, 4.69) is 10.6 Å². The summed E-state index contributed by atoms with van der Waals surface area (Å²) in [5.41, 5.74) is 0.535. The Labute approximate surface area is 133 Å². The number of hydrogen-bond donors (Lipinski definition) is 3. The number of carboxylic acid groups (broad SMARTS) is 1. The number of rotatable bonds is 6. The van der Waals surface area contributed by atoms with Crippen LogP contribution in [0.15, 0.2) is 24.3 Å². The molecule has 3 N–H and O–H groups in total. The zero-order valence-corrected chi connectivity index (χ0v) is 13.7. The molecule has 0 spiro atoms. The number of anilines is 1. The lowest BCUT2D eigenvalue weighted by molar-refractivity contribution is -0.135. The summed E-state index contributed by atoms with van der Waals surface area (Å²) in [5, 5.41) is 13.1. The topological polar surface area (TPSA) is 130 Å². The maximum atomic E-state index is 12.0. The van der Waals surface area contributed by atoms with Crippen LogP contribution in [0, 0.1) is 0 Å². The number of carbonyl (C=O) groups is 3. The van der Waals surface area contributed by atoms with Gasteiger partial charge in [0.2, 0.25) is 5.91 Å². The molecule has 0 aliphatic rings. The molecule has 1 aromatic carbocycles. The number of benzene rings is 1. The van der Waals surface area contributed by atoms with Crippen molar-refractivity contribution in [2.24, 2.45) is 0 Å². The van der Waals surface area contributed by atoms with Gasteiger partial charge >= 0.3 is 5.97 Å². The van der Waals surface area contributed by atoms with Gasteiger partial charge in [-0.2, -0.15) is 0 Å². The van der Waals surface area contributed by atoms with E-state index >= 15 is 0 Å². The van der Waals surface area contributed by atoms with Gasteiger partial charge < -0.3 is 15.7 Å². The zero-order valence-electron chi connectivity index (χ0n) is 12.9. The van der Waals surface area contributed by atoms with Crippen molar-refractivity contribution in [3.05, 3.63) is 29.8 Å². The molecule has 0 heterocycles. The van der Waals surface area contributed by atoms with E-state index in [1.54, 1.807) is 0 Å². The predicted octanol–water partition coefficient (Wildman–Crippen LogP) is 0.263. The van der Waals surface area contributed by atoms with Gasteiger partial charge in [-0.1, -0.05) is 0 Å². The van der Waals surface area contributed by atoms with Crippen LogP contribution >= 0.6 is 0 Å². The number of carbonyl (C=O) groups excluding carboxylic acids is 2. The Morgan fingerprint density at radius 2 is 1.65 bits per heavy atom. The fourth-order valence-electron chi connectivity index (χ4n) is 1.41. The minimum absolute atomic E-state index is 0.214. The van der Waals surface area contributed by atoms with Gasteiger partial charge in [-0.3, -0.25) is 14.4 Å². The number of sulfone groups is 1. The highest BCUT2D eigenvalue weighted by Crippen LogP contribution is 2.18. The summed E-state index contributed by atoms with van der Waals surface area (Å²) in [6, 6.07) is 5.62. The average Bonchev–Trinajstić information content (AvgIpc) is 2.44. The van der Waals surface area contributed by atoms with E-state index in [1.807, 2.05) is 0 Å². The van der Waals surface area contributed by atoms with Crippen LogP contribution in [0.1, 0.15) is 24.2 Å². The van der Waals surface area contributed by atoms with Gasteiger partial charge in [0.1, 0.15) is 11.3 Å². The standard InChI is InChI=1S/C14H18N2O6S/c1-14(2,23(3,21)22)13(20)16-10-6-4-9(5-7-10)12(19)15-8-11(17)18/h4-7H,8H2,1-3H3,(H,15,19)(H,16,20)(H,17,18). The van der Waals surface area contributed by atoms with Crippen LogP contribution in [0.25, 0.3) is 0 Å². The highest BCUT2D eigenvalue weighted by atomic mass is 32.2. The number of carboxylic acids is 1. The molecule has 8 nitrogen and oxygen atoms in total. The first-order valence-electron chi connectivity index (χ1n) is 6.56. The summed E-state index contributed by atoms with van der Waals surface area (Å²) < 4.78 is 21.6. The van der Waals surface area contributed by atoms with Crippen molar-refractivity contribution in [3.8, 4) is 0 Å². The molecule has 0 aromatic heterocycles. The molecule has 0 atom stereocenters. The molecule has 23 heavy (non-hydrogen) atoms. The lowest BCUT2D eigenvalue weighted by Crippen LogP contribution is -2.43. The molecule has 0 aliphatic carbocycles. The van der Waals surface area contributed by atoms with Crippen molar-refractivity contribution in [3.63, 3.8) is 0 Å². The average molecular weight is 342 g/mol. The third-order valence-electron chi connectivity index (χ3n) is 3.28. The number of hydrogen-bond acceptors (Lipinski definition) is 5. The van der Waals surface area contributed by atoms with Crippen LogP contribution < -0.4 is 10.6 Å². The monoisotopic (exact) mass is 342 g/mol. The quantitative estimate of drug-likeness (QED) is 0.680.